The van der Waals surface area contributed by atoms with Gasteiger partial charge in [-0.25, -0.2) is 8.42 Å². The van der Waals surface area contributed by atoms with Crippen LogP contribution in [-0.4, -0.2) is 32.2 Å². The van der Waals surface area contributed by atoms with E-state index in [0.717, 1.165) is 6.26 Å². The van der Waals surface area contributed by atoms with Gasteiger partial charge in [-0.15, -0.1) is 0 Å². The number of hydrogen-bond donors (Lipinski definition) is 1. The number of aromatic nitrogens is 1. The first-order valence-corrected chi connectivity index (χ1v) is 8.97. The van der Waals surface area contributed by atoms with E-state index >= 15 is 0 Å². The van der Waals surface area contributed by atoms with Crippen molar-refractivity contribution in [2.45, 2.75) is 17.7 Å². The zero-order chi connectivity index (χ0) is 16.7. The number of sulfone groups is 1. The highest BCUT2D eigenvalue weighted by Crippen LogP contribution is 2.16. The normalized spacial score (nSPS) is 11.0. The van der Waals surface area contributed by atoms with Gasteiger partial charge in [0.25, 0.3) is 0 Å². The number of nitrogens with zero attached hydrogens (tertiary/aromatic N) is 1. The molecule has 0 fully saturated rings. The predicted octanol–water partition coefficient (Wildman–Crippen LogP) is 2.28. The molecule has 6 nitrogen and oxygen atoms in total. The monoisotopic (exact) mass is 334 g/mol. The van der Waals surface area contributed by atoms with Gasteiger partial charge in [-0.1, -0.05) is 0 Å². The number of carbonyl (C=O) groups excluding carboxylic acids is 1. The number of benzene rings is 1. The molecule has 7 heteroatoms. The lowest BCUT2D eigenvalue weighted by Gasteiger charge is -2.07. The Balaban J connectivity index is 1.72. The molecule has 23 heavy (non-hydrogen) atoms. The molecule has 0 bridgehead atoms. The SMILES string of the molecule is CS(=O)(=O)c1ccc(OCCCC(=O)Nc2cccnc2)cc1. The molecular formula is C16H18N2O4S. The Kier molecular flexibility index (Phi) is 5.70. The first-order chi connectivity index (χ1) is 10.9. The smallest absolute Gasteiger partial charge is 0.224 e. The van der Waals surface area contributed by atoms with Crippen LogP contribution in [0.2, 0.25) is 0 Å². The van der Waals surface area contributed by atoms with Crippen LogP contribution in [0.1, 0.15) is 12.8 Å². The van der Waals surface area contributed by atoms with Gasteiger partial charge in [-0.2, -0.15) is 0 Å². The lowest BCUT2D eigenvalue weighted by molar-refractivity contribution is -0.116. The lowest BCUT2D eigenvalue weighted by Crippen LogP contribution is -2.12. The van der Waals surface area contributed by atoms with Crippen LogP contribution in [0.25, 0.3) is 0 Å². The molecule has 0 saturated carbocycles. The van der Waals surface area contributed by atoms with Crippen molar-refractivity contribution >= 4 is 21.4 Å². The third-order valence-corrected chi connectivity index (χ3v) is 4.14. The minimum atomic E-state index is -3.20. The first-order valence-electron chi connectivity index (χ1n) is 7.08. The summed E-state index contributed by atoms with van der Waals surface area (Å²) in [7, 11) is -3.20. The maximum atomic E-state index is 11.7. The second-order valence-electron chi connectivity index (χ2n) is 4.99. The fourth-order valence-corrected chi connectivity index (χ4v) is 2.50. The Morgan fingerprint density at radius 1 is 1.22 bits per heavy atom. The zero-order valence-electron chi connectivity index (χ0n) is 12.7. The van der Waals surface area contributed by atoms with Gasteiger partial charge in [-0.05, 0) is 42.8 Å². The summed E-state index contributed by atoms with van der Waals surface area (Å²) in [6.45, 7) is 0.374. The van der Waals surface area contributed by atoms with Gasteiger partial charge in [0.05, 0.1) is 23.4 Å². The molecule has 0 aliphatic heterocycles. The third-order valence-electron chi connectivity index (χ3n) is 3.01. The van der Waals surface area contributed by atoms with Crippen LogP contribution >= 0.6 is 0 Å². The number of pyridine rings is 1. The molecule has 0 radical (unpaired) electrons. The summed E-state index contributed by atoms with van der Waals surface area (Å²) in [5.74, 6) is 0.471. The number of carbonyl (C=O) groups is 1. The van der Waals surface area contributed by atoms with Gasteiger partial charge in [0, 0.05) is 18.9 Å². The molecule has 0 aliphatic carbocycles. The maximum Gasteiger partial charge on any atom is 0.224 e. The van der Waals surface area contributed by atoms with E-state index < -0.39 is 9.84 Å². The van der Waals surface area contributed by atoms with Crippen LogP contribution < -0.4 is 10.1 Å². The Labute approximate surface area is 135 Å². The van der Waals surface area contributed by atoms with Gasteiger partial charge in [0.15, 0.2) is 9.84 Å². The summed E-state index contributed by atoms with van der Waals surface area (Å²) in [6, 6.07) is 9.72. The maximum absolute atomic E-state index is 11.7. The fourth-order valence-electron chi connectivity index (χ4n) is 1.87. The number of hydrogen-bond acceptors (Lipinski definition) is 5. The van der Waals surface area contributed by atoms with Crippen molar-refractivity contribution in [3.05, 3.63) is 48.8 Å². The quantitative estimate of drug-likeness (QED) is 0.785. The van der Waals surface area contributed by atoms with Gasteiger partial charge in [-0.3, -0.25) is 9.78 Å². The number of ether oxygens (including phenoxy) is 1. The van der Waals surface area contributed by atoms with Crippen LogP contribution in [-0.2, 0) is 14.6 Å². The Morgan fingerprint density at radius 2 is 1.96 bits per heavy atom. The topological polar surface area (TPSA) is 85.4 Å². The van der Waals surface area contributed by atoms with Crippen molar-refractivity contribution in [3.63, 3.8) is 0 Å². The minimum Gasteiger partial charge on any atom is -0.494 e. The molecule has 1 N–H and O–H groups in total. The molecule has 1 aromatic heterocycles. The van der Waals surface area contributed by atoms with Gasteiger partial charge in [0.2, 0.25) is 5.91 Å². The Hall–Kier alpha value is -2.41. The summed E-state index contributed by atoms with van der Waals surface area (Å²) < 4.78 is 28.2. The summed E-state index contributed by atoms with van der Waals surface area (Å²) in [5.41, 5.74) is 0.662. The second-order valence-corrected chi connectivity index (χ2v) is 7.00. The highest BCUT2D eigenvalue weighted by atomic mass is 32.2. The molecule has 2 aromatic rings. The molecule has 1 amide bonds. The number of nitrogens with one attached hydrogen (secondary N) is 1. The van der Waals surface area contributed by atoms with Gasteiger partial charge < -0.3 is 10.1 Å². The number of rotatable bonds is 7. The average molecular weight is 334 g/mol. The van der Waals surface area contributed by atoms with Crippen molar-refractivity contribution in [2.24, 2.45) is 0 Å². The molecule has 1 aromatic carbocycles. The van der Waals surface area contributed by atoms with E-state index in [9.17, 15) is 13.2 Å². The van der Waals surface area contributed by atoms with Gasteiger partial charge >= 0.3 is 0 Å². The average Bonchev–Trinajstić information content (AvgIpc) is 2.52. The molecule has 0 aliphatic rings. The second kappa shape index (κ2) is 7.73. The Morgan fingerprint density at radius 3 is 2.57 bits per heavy atom. The van der Waals surface area contributed by atoms with E-state index in [1.807, 2.05) is 0 Å². The standard InChI is InChI=1S/C16H18N2O4S/c1-23(20,21)15-8-6-14(7-9-15)22-11-3-5-16(19)18-13-4-2-10-17-12-13/h2,4,6-10,12H,3,5,11H2,1H3,(H,18,19). The molecule has 0 unspecified atom stereocenters. The predicted molar refractivity (Wildman–Crippen MR) is 87.1 cm³/mol. The zero-order valence-corrected chi connectivity index (χ0v) is 13.5. The van der Waals surface area contributed by atoms with Crippen LogP contribution in [0.4, 0.5) is 5.69 Å². The number of amides is 1. The highest BCUT2D eigenvalue weighted by Gasteiger charge is 2.07. The van der Waals surface area contributed by atoms with Crippen LogP contribution in [0.3, 0.4) is 0 Å². The highest BCUT2D eigenvalue weighted by molar-refractivity contribution is 7.90. The van der Waals surface area contributed by atoms with Crippen molar-refractivity contribution in [1.29, 1.82) is 0 Å². The lowest BCUT2D eigenvalue weighted by atomic mass is 10.3. The molecule has 0 spiro atoms. The first kappa shape index (κ1) is 17.0. The van der Waals surface area contributed by atoms with Crippen LogP contribution in [0, 0.1) is 0 Å². The molecular weight excluding hydrogens is 316 g/mol. The van der Waals surface area contributed by atoms with Crippen molar-refractivity contribution in [2.75, 3.05) is 18.2 Å². The summed E-state index contributed by atoms with van der Waals surface area (Å²) >= 11 is 0. The van der Waals surface area contributed by atoms with Crippen LogP contribution in [0.5, 0.6) is 5.75 Å². The largest absolute Gasteiger partial charge is 0.494 e. The van der Waals surface area contributed by atoms with E-state index in [1.165, 1.54) is 12.1 Å². The van der Waals surface area contributed by atoms with E-state index in [0.29, 0.717) is 30.9 Å². The summed E-state index contributed by atoms with van der Waals surface area (Å²) in [4.78, 5) is 15.9. The minimum absolute atomic E-state index is 0.103. The molecule has 1 heterocycles. The molecule has 122 valence electrons. The number of anilines is 1. The summed E-state index contributed by atoms with van der Waals surface area (Å²) in [6.07, 6.45) is 5.26. The Bertz CT molecular complexity index is 743. The molecule has 0 saturated heterocycles. The van der Waals surface area contributed by atoms with Gasteiger partial charge in [0.1, 0.15) is 5.75 Å². The van der Waals surface area contributed by atoms with E-state index in [-0.39, 0.29) is 10.8 Å². The molecule has 0 atom stereocenters. The van der Waals surface area contributed by atoms with Crippen molar-refractivity contribution < 1.29 is 17.9 Å². The van der Waals surface area contributed by atoms with Crippen molar-refractivity contribution in [1.82, 2.24) is 4.98 Å². The third kappa shape index (κ3) is 5.71. The molecule has 2 rings (SSSR count). The van der Waals surface area contributed by atoms with E-state index in [2.05, 4.69) is 10.3 Å². The van der Waals surface area contributed by atoms with Crippen LogP contribution in [0.15, 0.2) is 53.7 Å². The summed E-state index contributed by atoms with van der Waals surface area (Å²) in [5, 5.41) is 2.74. The van der Waals surface area contributed by atoms with E-state index in [1.54, 1.807) is 36.7 Å². The van der Waals surface area contributed by atoms with Crippen molar-refractivity contribution in [3.8, 4) is 5.75 Å². The van der Waals surface area contributed by atoms with E-state index in [4.69, 9.17) is 4.74 Å². The fraction of sp³-hybridized carbons (Fsp3) is 0.250.